The van der Waals surface area contributed by atoms with Crippen molar-refractivity contribution in [2.45, 2.75) is 174 Å². The van der Waals surface area contributed by atoms with Gasteiger partial charge in [0.15, 0.2) is 5.78 Å². The quantitative estimate of drug-likeness (QED) is 0.0674. The fourth-order valence-electron chi connectivity index (χ4n) is 10.8. The van der Waals surface area contributed by atoms with Crippen molar-refractivity contribution in [1.82, 2.24) is 15.2 Å². The number of allylic oxidation sites excluding steroid dienone is 6. The van der Waals surface area contributed by atoms with Crippen LogP contribution >= 0.6 is 0 Å². The Morgan fingerprint density at radius 3 is 2.26 bits per heavy atom. The molecule has 15 atom stereocenters. The number of piperidine rings is 1. The normalized spacial score (nSPS) is 37.2. The number of rotatable bonds is 8. The van der Waals surface area contributed by atoms with Gasteiger partial charge in [0.05, 0.1) is 31.2 Å². The number of Topliss-reactive ketones (excluding diaryl/α,β-unsaturated/α-hetero) is 3. The summed E-state index contributed by atoms with van der Waals surface area (Å²) in [5, 5.41) is 44.6. The van der Waals surface area contributed by atoms with Crippen LogP contribution in [0.1, 0.15) is 126 Å². The number of hydrogen-bond acceptors (Lipinski definition) is 17. The number of ketones is 3. The summed E-state index contributed by atoms with van der Waals surface area (Å²) in [6, 6.07) is -3.49. The lowest BCUT2D eigenvalue weighted by Gasteiger charge is -2.43. The molecule has 3 amide bonds. The number of nitrogens with two attached hydrogens (primary N) is 1. The first kappa shape index (κ1) is 60.9. The maximum Gasteiger partial charge on any atom is 0.339 e. The van der Waals surface area contributed by atoms with Gasteiger partial charge in [-0.05, 0) is 112 Å². The molecule has 410 valence electrons. The molecule has 3 aliphatic heterocycles. The van der Waals surface area contributed by atoms with Crippen LogP contribution in [0, 0.1) is 41.4 Å². The Balaban J connectivity index is 1.74. The minimum Gasteiger partial charge on any atom is -0.460 e. The summed E-state index contributed by atoms with van der Waals surface area (Å²) < 4.78 is 23.6. The molecule has 1 saturated carbocycles. The summed E-state index contributed by atoms with van der Waals surface area (Å²) in [5.74, 6) is -10.8. The van der Waals surface area contributed by atoms with Crippen molar-refractivity contribution < 1.29 is 78.0 Å². The zero-order chi connectivity index (χ0) is 54.5. The number of carbonyl (C=O) groups excluding carboxylic acids is 7. The molecule has 20 nitrogen and oxygen atoms in total. The highest BCUT2D eigenvalue weighted by Crippen LogP contribution is 2.39. The van der Waals surface area contributed by atoms with E-state index in [0.717, 1.165) is 4.90 Å². The van der Waals surface area contributed by atoms with Crippen molar-refractivity contribution in [2.75, 3.05) is 27.8 Å². The summed E-state index contributed by atoms with van der Waals surface area (Å²) in [6.45, 7) is 12.0. The Kier molecular flexibility index (Phi) is 23.1. The van der Waals surface area contributed by atoms with Gasteiger partial charge in [-0.15, -0.1) is 0 Å². The lowest BCUT2D eigenvalue weighted by atomic mass is 9.75. The number of aliphatic hydroxyl groups excluding tert-OH is 1. The molecule has 2 bridgehead atoms. The maximum atomic E-state index is 14.5. The van der Waals surface area contributed by atoms with Crippen LogP contribution in [0.15, 0.2) is 47.6 Å². The minimum atomic E-state index is -2.64. The number of cyclic esters (lactones) is 1. The van der Waals surface area contributed by atoms with Crippen LogP contribution < -0.4 is 5.73 Å². The number of ether oxygens (including phenoxy) is 4. The van der Waals surface area contributed by atoms with E-state index in [2.05, 4.69) is 0 Å². The van der Waals surface area contributed by atoms with E-state index in [0.29, 0.717) is 66.4 Å². The van der Waals surface area contributed by atoms with Gasteiger partial charge in [-0.1, -0.05) is 71.1 Å². The van der Waals surface area contributed by atoms with Gasteiger partial charge in [0.1, 0.15) is 30.1 Å². The van der Waals surface area contributed by atoms with Crippen LogP contribution in [-0.4, -0.2) is 153 Å². The van der Waals surface area contributed by atoms with Crippen LogP contribution in [-0.2, 0) is 52.6 Å². The third-order valence-electron chi connectivity index (χ3n) is 15.3. The molecular weight excluding hydrogens is 949 g/mol. The van der Waals surface area contributed by atoms with Gasteiger partial charge in [-0.25, -0.2) is 14.4 Å². The fraction of sp³-hybridized carbons (Fsp3) is 0.717. The van der Waals surface area contributed by atoms with Crippen molar-refractivity contribution in [2.24, 2.45) is 47.2 Å². The minimum absolute atomic E-state index is 0.0213. The molecule has 3 heterocycles. The zero-order valence-electron chi connectivity index (χ0n) is 44.3. The number of esters is 1. The van der Waals surface area contributed by atoms with Gasteiger partial charge in [-0.2, -0.15) is 5.06 Å². The van der Waals surface area contributed by atoms with Crippen LogP contribution in [0.3, 0.4) is 0 Å². The zero-order valence-corrected chi connectivity index (χ0v) is 44.3. The topological polar surface area (TPSA) is 282 Å². The molecular formula is C53H82N4O16. The van der Waals surface area contributed by atoms with Crippen LogP contribution in [0.2, 0.25) is 0 Å². The molecule has 4 aliphatic rings. The lowest BCUT2D eigenvalue weighted by Crippen LogP contribution is -2.61. The van der Waals surface area contributed by atoms with Gasteiger partial charge in [0.25, 0.3) is 11.7 Å². The van der Waals surface area contributed by atoms with Crippen LogP contribution in [0.5, 0.6) is 0 Å². The molecule has 0 radical (unpaired) electrons. The largest absolute Gasteiger partial charge is 0.460 e. The van der Waals surface area contributed by atoms with Crippen molar-refractivity contribution in [3.05, 3.63) is 47.6 Å². The van der Waals surface area contributed by atoms with E-state index in [1.54, 1.807) is 65.0 Å². The van der Waals surface area contributed by atoms with E-state index in [4.69, 9.17) is 29.5 Å². The number of methoxy groups -OCH3 is 2. The van der Waals surface area contributed by atoms with E-state index < -0.39 is 108 Å². The van der Waals surface area contributed by atoms with Gasteiger partial charge in [-0.3, -0.25) is 29.6 Å². The molecule has 0 aromatic rings. The SMILES string of the molecule is CO[C@@H]1C[C@H](C[C@@H](C)[C@@H]2CC(=O)[C@H](C)/C=C(\C)[C@@H](O)[C@@H](OC)C(=O)[C@H](C)C[C@H](C)/C=C/C=C/C=C(\C)[C@H](N(O)C(N)=O)C[C@@H]3CC[C@@H](C)[C@@](O)(O3)C(=O)C(=O)N3CCCC[C@H]3C(=O)O2)CC[C@H]1C(=O)ON(C)O. The number of urea groups is 1. The molecule has 2 saturated heterocycles. The van der Waals surface area contributed by atoms with Crippen LogP contribution in [0.25, 0.3) is 0 Å². The molecule has 6 N–H and O–H groups in total. The molecule has 4 rings (SSSR count). The summed E-state index contributed by atoms with van der Waals surface area (Å²) in [5.41, 5.74) is 6.30. The van der Waals surface area contributed by atoms with Gasteiger partial charge < -0.3 is 44.6 Å². The second-order valence-corrected chi connectivity index (χ2v) is 21.0. The summed E-state index contributed by atoms with van der Waals surface area (Å²) in [7, 11) is 3.99. The third kappa shape index (κ3) is 16.2. The number of hydrogen-bond donors (Lipinski definition) is 5. The summed E-state index contributed by atoms with van der Waals surface area (Å²) >= 11 is 0. The summed E-state index contributed by atoms with van der Waals surface area (Å²) in [4.78, 5) is 102. The number of amides is 3. The Bertz CT molecular complexity index is 2070. The number of nitrogens with zero attached hydrogens (tertiary/aromatic N) is 3. The highest BCUT2D eigenvalue weighted by atomic mass is 16.9. The van der Waals surface area contributed by atoms with E-state index in [-0.39, 0.29) is 62.1 Å². The second kappa shape index (κ2) is 27.7. The van der Waals surface area contributed by atoms with Gasteiger partial charge >= 0.3 is 18.0 Å². The molecule has 0 aromatic carbocycles. The lowest BCUT2D eigenvalue weighted by molar-refractivity contribution is -0.306. The fourth-order valence-corrected chi connectivity index (χ4v) is 10.8. The molecule has 0 unspecified atom stereocenters. The number of primary amides is 1. The first-order valence-corrected chi connectivity index (χ1v) is 25.7. The average Bonchev–Trinajstić information content (AvgIpc) is 3.34. The number of aliphatic hydroxyl groups is 2. The van der Waals surface area contributed by atoms with E-state index in [9.17, 15) is 54.2 Å². The third-order valence-corrected chi connectivity index (χ3v) is 15.3. The Labute approximate surface area is 429 Å². The Morgan fingerprint density at radius 1 is 0.918 bits per heavy atom. The van der Waals surface area contributed by atoms with E-state index >= 15 is 0 Å². The predicted octanol–water partition coefficient (Wildman–Crippen LogP) is 5.34. The molecule has 0 aromatic heterocycles. The van der Waals surface area contributed by atoms with Crippen molar-refractivity contribution in [3.8, 4) is 0 Å². The average molecular weight is 1030 g/mol. The number of carbonyl (C=O) groups is 7. The Hall–Kier alpha value is -4.67. The Morgan fingerprint density at radius 2 is 1.62 bits per heavy atom. The van der Waals surface area contributed by atoms with Gasteiger partial charge in [0, 0.05) is 51.4 Å². The maximum absolute atomic E-state index is 14.5. The van der Waals surface area contributed by atoms with Crippen molar-refractivity contribution in [3.63, 3.8) is 0 Å². The monoisotopic (exact) mass is 1030 g/mol. The first-order chi connectivity index (χ1) is 34.3. The number of fused-ring (bicyclic) bond motifs is 3. The number of hydroxylamine groups is 4. The highest BCUT2D eigenvalue weighted by molar-refractivity contribution is 6.39. The molecule has 20 heteroatoms. The standard InChI is InChI=1S/C53H82N4O16/c1-30-16-12-11-13-17-31(2)41(57(68)52(54)65)28-38-21-19-36(7)53(66,72-38)48(61)49(62)56-23-15-14-18-40(56)51(64)71-43(33(4)26-37-20-22-39(44(27-37)69-9)50(63)73-55(8)67)29-42(58)32(3)25-35(6)46(60)47(70-10)45(59)34(5)24-30/h11-13,16-17,25,30,32-34,36-41,43-44,46-47,60,66-68H,14-15,18-24,26-29H2,1-10H3,(H2,54,65)/b13-11+,16-12+,31-17+,35-25+/t30-,32-,33-,34-,36-,37+,38+,39-,40+,41-,43+,44-,46-,47+,53-/m1/s1. The molecule has 3 fully saturated rings. The van der Waals surface area contributed by atoms with Crippen LogP contribution in [0.4, 0.5) is 4.79 Å². The van der Waals surface area contributed by atoms with E-state index in [1.807, 2.05) is 19.9 Å². The summed E-state index contributed by atoms with van der Waals surface area (Å²) in [6.07, 6.45) is 8.45. The van der Waals surface area contributed by atoms with Crippen molar-refractivity contribution in [1.29, 1.82) is 0 Å². The molecule has 1 aliphatic carbocycles. The van der Waals surface area contributed by atoms with Gasteiger partial charge in [0.2, 0.25) is 5.79 Å². The van der Waals surface area contributed by atoms with E-state index in [1.165, 1.54) is 21.3 Å². The molecule has 73 heavy (non-hydrogen) atoms. The predicted molar refractivity (Wildman–Crippen MR) is 264 cm³/mol. The second-order valence-electron chi connectivity index (χ2n) is 21.0. The smallest absolute Gasteiger partial charge is 0.339 e. The first-order valence-electron chi connectivity index (χ1n) is 25.7. The highest BCUT2D eigenvalue weighted by Gasteiger charge is 2.53. The van der Waals surface area contributed by atoms with Crippen molar-refractivity contribution >= 4 is 41.2 Å². The molecule has 0 spiro atoms.